The van der Waals surface area contributed by atoms with Gasteiger partial charge >= 0.3 is 0 Å². The molecule has 4 rings (SSSR count). The fraction of sp³-hybridized carbons (Fsp3) is 0.0588. The molecule has 0 unspecified atom stereocenters. The molecule has 120 valence electrons. The van der Waals surface area contributed by atoms with Crippen molar-refractivity contribution in [3.05, 3.63) is 64.1 Å². The van der Waals surface area contributed by atoms with Gasteiger partial charge < -0.3 is 10.0 Å². The smallest absolute Gasteiger partial charge is 0.148 e. The highest BCUT2D eigenvalue weighted by Crippen LogP contribution is 2.36. The van der Waals surface area contributed by atoms with Gasteiger partial charge in [-0.1, -0.05) is 23.7 Å². The van der Waals surface area contributed by atoms with Crippen molar-refractivity contribution in [2.24, 2.45) is 0 Å². The number of nitrogens with zero attached hydrogens (tertiary/aromatic N) is 2. The molecule has 0 radical (unpaired) electrons. The first-order valence-electron chi connectivity index (χ1n) is 7.14. The quantitative estimate of drug-likeness (QED) is 0.687. The minimum atomic E-state index is -0.536. The molecular formula is C17H11ClFN3OS. The van der Waals surface area contributed by atoms with Crippen molar-refractivity contribution in [2.75, 3.05) is 11.4 Å². The number of thiazole rings is 1. The molecular weight excluding hydrogens is 349 g/mol. The van der Waals surface area contributed by atoms with E-state index >= 15 is 0 Å². The summed E-state index contributed by atoms with van der Waals surface area (Å²) in [6.07, 6.45) is 0. The maximum absolute atomic E-state index is 14.2. The molecule has 7 heteroatoms. The zero-order valence-corrected chi connectivity index (χ0v) is 13.8. The molecule has 0 atom stereocenters. The van der Waals surface area contributed by atoms with Crippen molar-refractivity contribution in [1.82, 2.24) is 4.98 Å². The summed E-state index contributed by atoms with van der Waals surface area (Å²) in [5, 5.41) is 19.5. The predicted octanol–water partition coefficient (Wildman–Crippen LogP) is 4.86. The van der Waals surface area contributed by atoms with E-state index in [4.69, 9.17) is 17.0 Å². The van der Waals surface area contributed by atoms with Crippen LogP contribution in [0.25, 0.3) is 15.8 Å². The van der Waals surface area contributed by atoms with Crippen molar-refractivity contribution in [1.29, 1.82) is 5.41 Å². The van der Waals surface area contributed by atoms with E-state index < -0.39 is 5.82 Å². The zero-order chi connectivity index (χ0) is 16.8. The van der Waals surface area contributed by atoms with E-state index in [1.54, 1.807) is 6.07 Å². The molecule has 24 heavy (non-hydrogen) atoms. The number of benzene rings is 2. The maximum Gasteiger partial charge on any atom is 0.148 e. The Morgan fingerprint density at radius 3 is 2.79 bits per heavy atom. The number of halogens is 2. The van der Waals surface area contributed by atoms with Gasteiger partial charge in [-0.2, -0.15) is 0 Å². The summed E-state index contributed by atoms with van der Waals surface area (Å²) in [5.41, 5.74) is 1.35. The standard InChI is InChI=1S/C17H11ClFN3OS/c18-9-5-6-12(10(19)7-9)22-8-13(23)15(16(22)20)17-21-11-3-1-2-4-14(11)24-17/h1-7,20,23H,8H2. The van der Waals surface area contributed by atoms with Gasteiger partial charge in [0.25, 0.3) is 0 Å². The first kappa shape index (κ1) is 15.1. The monoisotopic (exact) mass is 359 g/mol. The number of aliphatic hydroxyl groups is 1. The SMILES string of the molecule is N=C1C(c2nc3ccccc3s2)=C(O)CN1c1ccc(Cl)cc1F. The first-order valence-corrected chi connectivity index (χ1v) is 8.33. The second kappa shape index (κ2) is 5.58. The molecule has 0 amide bonds. The lowest BCUT2D eigenvalue weighted by Gasteiger charge is -2.19. The van der Waals surface area contributed by atoms with Crippen molar-refractivity contribution in [2.45, 2.75) is 0 Å². The van der Waals surface area contributed by atoms with Gasteiger partial charge in [-0.3, -0.25) is 5.41 Å². The molecule has 0 fully saturated rings. The van der Waals surface area contributed by atoms with Gasteiger partial charge in [0, 0.05) is 5.02 Å². The van der Waals surface area contributed by atoms with E-state index in [1.165, 1.54) is 28.4 Å². The highest BCUT2D eigenvalue weighted by atomic mass is 35.5. The van der Waals surface area contributed by atoms with Crippen LogP contribution in [-0.2, 0) is 0 Å². The molecule has 4 nitrogen and oxygen atoms in total. The second-order valence-corrected chi connectivity index (χ2v) is 6.81. The van der Waals surface area contributed by atoms with Crippen molar-refractivity contribution < 1.29 is 9.50 Å². The summed E-state index contributed by atoms with van der Waals surface area (Å²) in [4.78, 5) is 5.88. The Bertz CT molecular complexity index is 981. The Morgan fingerprint density at radius 1 is 1.25 bits per heavy atom. The molecule has 0 saturated heterocycles. The molecule has 0 aliphatic carbocycles. The van der Waals surface area contributed by atoms with Crippen LogP contribution in [0.5, 0.6) is 0 Å². The van der Waals surface area contributed by atoms with Crippen LogP contribution in [-0.4, -0.2) is 22.5 Å². The number of fused-ring (bicyclic) bond motifs is 1. The van der Waals surface area contributed by atoms with E-state index in [1.807, 2.05) is 24.3 Å². The van der Waals surface area contributed by atoms with Gasteiger partial charge in [-0.15, -0.1) is 11.3 Å². The lowest BCUT2D eigenvalue weighted by molar-refractivity contribution is 0.411. The average molecular weight is 360 g/mol. The van der Waals surface area contributed by atoms with Crippen LogP contribution < -0.4 is 4.90 Å². The van der Waals surface area contributed by atoms with Crippen molar-refractivity contribution in [3.8, 4) is 0 Å². The summed E-state index contributed by atoms with van der Waals surface area (Å²) in [7, 11) is 0. The number of hydrogen-bond acceptors (Lipinski definition) is 4. The number of rotatable bonds is 2. The minimum Gasteiger partial charge on any atom is -0.510 e. The number of anilines is 1. The number of nitrogens with one attached hydrogen (secondary N) is 1. The van der Waals surface area contributed by atoms with Crippen LogP contribution in [0.4, 0.5) is 10.1 Å². The Balaban J connectivity index is 1.75. The largest absolute Gasteiger partial charge is 0.510 e. The maximum atomic E-state index is 14.2. The zero-order valence-electron chi connectivity index (χ0n) is 12.3. The average Bonchev–Trinajstić information content (AvgIpc) is 3.08. The molecule has 3 aromatic rings. The lowest BCUT2D eigenvalue weighted by Crippen LogP contribution is -2.27. The van der Waals surface area contributed by atoms with Crippen LogP contribution in [0, 0.1) is 11.2 Å². The summed E-state index contributed by atoms with van der Waals surface area (Å²) in [6.45, 7) is 0.0304. The molecule has 1 aliphatic heterocycles. The number of hydrogen-bond donors (Lipinski definition) is 2. The normalized spacial score (nSPS) is 14.9. The van der Waals surface area contributed by atoms with Gasteiger partial charge in [0.2, 0.25) is 0 Å². The Hall–Kier alpha value is -2.44. The first-order chi connectivity index (χ1) is 11.5. The molecule has 1 aliphatic rings. The fourth-order valence-corrected chi connectivity index (χ4v) is 3.88. The van der Waals surface area contributed by atoms with E-state index in [-0.39, 0.29) is 28.8 Å². The van der Waals surface area contributed by atoms with Gasteiger partial charge in [-0.25, -0.2) is 9.37 Å². The molecule has 2 N–H and O–H groups in total. The topological polar surface area (TPSA) is 60.2 Å². The Kier molecular flexibility index (Phi) is 3.51. The van der Waals surface area contributed by atoms with Crippen LogP contribution in [0.15, 0.2) is 48.2 Å². The number of amidine groups is 1. The third-order valence-electron chi connectivity index (χ3n) is 3.81. The van der Waals surface area contributed by atoms with Crippen molar-refractivity contribution >= 4 is 50.3 Å². The van der Waals surface area contributed by atoms with Gasteiger partial charge in [0.15, 0.2) is 0 Å². The Morgan fingerprint density at radius 2 is 2.04 bits per heavy atom. The highest BCUT2D eigenvalue weighted by Gasteiger charge is 2.32. The van der Waals surface area contributed by atoms with E-state index in [2.05, 4.69) is 4.98 Å². The predicted molar refractivity (Wildman–Crippen MR) is 95.7 cm³/mol. The minimum absolute atomic E-state index is 0.00778. The third-order valence-corrected chi connectivity index (χ3v) is 5.10. The summed E-state index contributed by atoms with van der Waals surface area (Å²) < 4.78 is 15.1. The second-order valence-electron chi connectivity index (χ2n) is 5.34. The molecule has 2 heterocycles. The van der Waals surface area contributed by atoms with Crippen molar-refractivity contribution in [3.63, 3.8) is 0 Å². The number of aliphatic hydroxyl groups excluding tert-OH is 1. The lowest BCUT2D eigenvalue weighted by atomic mass is 10.2. The summed E-state index contributed by atoms with van der Waals surface area (Å²) in [5.74, 6) is -0.508. The molecule has 1 aromatic heterocycles. The number of para-hydroxylation sites is 1. The van der Waals surface area contributed by atoms with Crippen LogP contribution in [0.2, 0.25) is 5.02 Å². The number of aromatic nitrogens is 1. The summed E-state index contributed by atoms with van der Waals surface area (Å²) >= 11 is 7.17. The fourth-order valence-electron chi connectivity index (χ4n) is 2.69. The van der Waals surface area contributed by atoms with E-state index in [9.17, 15) is 9.50 Å². The van der Waals surface area contributed by atoms with E-state index in [0.717, 1.165) is 10.2 Å². The molecule has 2 aromatic carbocycles. The van der Waals surface area contributed by atoms with Crippen LogP contribution in [0.3, 0.4) is 0 Å². The van der Waals surface area contributed by atoms with Crippen LogP contribution in [0.1, 0.15) is 5.01 Å². The third kappa shape index (κ3) is 2.35. The van der Waals surface area contributed by atoms with Gasteiger partial charge in [0.1, 0.15) is 22.4 Å². The van der Waals surface area contributed by atoms with E-state index in [0.29, 0.717) is 10.6 Å². The van der Waals surface area contributed by atoms with Gasteiger partial charge in [-0.05, 0) is 30.3 Å². The van der Waals surface area contributed by atoms with Gasteiger partial charge in [0.05, 0.1) is 28.0 Å². The Labute approximate surface area is 146 Å². The summed E-state index contributed by atoms with van der Waals surface area (Å²) in [6, 6.07) is 11.9. The molecule has 0 bridgehead atoms. The van der Waals surface area contributed by atoms with Crippen LogP contribution >= 0.6 is 22.9 Å². The molecule has 0 spiro atoms. The molecule has 0 saturated carbocycles. The highest BCUT2D eigenvalue weighted by molar-refractivity contribution is 7.19.